The van der Waals surface area contributed by atoms with E-state index in [0.717, 1.165) is 17.7 Å². The number of rotatable bonds is 6. The lowest BCUT2D eigenvalue weighted by Gasteiger charge is -2.34. The number of aromatic nitrogens is 2. The first-order valence-electron chi connectivity index (χ1n) is 11.4. The monoisotopic (exact) mass is 464 g/mol. The summed E-state index contributed by atoms with van der Waals surface area (Å²) in [6.07, 6.45) is 2.20. The van der Waals surface area contributed by atoms with E-state index in [0.29, 0.717) is 42.3 Å². The smallest absolute Gasteiger partial charge is 0.256 e. The fourth-order valence-corrected chi connectivity index (χ4v) is 4.82. The lowest BCUT2D eigenvalue weighted by atomic mass is 9.93. The molecule has 1 fully saturated rings. The van der Waals surface area contributed by atoms with Crippen molar-refractivity contribution in [3.05, 3.63) is 82.6 Å². The van der Waals surface area contributed by atoms with Gasteiger partial charge < -0.3 is 10.2 Å². The largest absolute Gasteiger partial charge is 0.349 e. The molecule has 4 rings (SSSR count). The van der Waals surface area contributed by atoms with E-state index >= 15 is 0 Å². The zero-order valence-corrected chi connectivity index (χ0v) is 19.8. The maximum absolute atomic E-state index is 13.1. The molecule has 3 aromatic rings. The van der Waals surface area contributed by atoms with Gasteiger partial charge in [0.1, 0.15) is 5.15 Å². The number of benzene rings is 2. The molecule has 0 radical (unpaired) electrons. The second-order valence-electron chi connectivity index (χ2n) is 8.44. The molecule has 172 valence electrons. The lowest BCUT2D eigenvalue weighted by molar-refractivity contribution is -0.134. The van der Waals surface area contributed by atoms with Crippen LogP contribution >= 0.6 is 11.6 Å². The number of nitrogens with zero attached hydrogens (tertiary/aromatic N) is 3. The van der Waals surface area contributed by atoms with Crippen LogP contribution in [-0.4, -0.2) is 45.6 Å². The first-order valence-corrected chi connectivity index (χ1v) is 11.8. The van der Waals surface area contributed by atoms with Gasteiger partial charge in [-0.3, -0.25) is 9.59 Å². The van der Waals surface area contributed by atoms with Gasteiger partial charge in [0.15, 0.2) is 0 Å². The van der Waals surface area contributed by atoms with Gasteiger partial charge in [0.25, 0.3) is 5.91 Å². The Morgan fingerprint density at radius 1 is 1.06 bits per heavy atom. The molecule has 1 saturated heterocycles. The average molecular weight is 465 g/mol. The highest BCUT2D eigenvalue weighted by Gasteiger charge is 2.30. The molecule has 0 bridgehead atoms. The maximum Gasteiger partial charge on any atom is 0.256 e. The van der Waals surface area contributed by atoms with Gasteiger partial charge in [-0.05, 0) is 43.9 Å². The molecule has 2 amide bonds. The number of halogens is 1. The summed E-state index contributed by atoms with van der Waals surface area (Å²) in [5, 5.41) is 7.86. The maximum atomic E-state index is 13.1. The topological polar surface area (TPSA) is 67.2 Å². The number of likely N-dealkylation sites (tertiary alicyclic amines) is 1. The third kappa shape index (κ3) is 4.96. The molecular formula is C26H29ClN4O2. The normalized spacial score (nSPS) is 15.3. The fraction of sp³-hybridized carbons (Fsp3) is 0.346. The minimum absolute atomic E-state index is 0.00565. The molecule has 1 atom stereocenters. The number of para-hydroxylation sites is 1. The zero-order valence-electron chi connectivity index (χ0n) is 19.0. The van der Waals surface area contributed by atoms with Crippen molar-refractivity contribution >= 4 is 23.4 Å². The van der Waals surface area contributed by atoms with Gasteiger partial charge in [-0.1, -0.05) is 67.1 Å². The predicted molar refractivity (Wildman–Crippen MR) is 130 cm³/mol. The summed E-state index contributed by atoms with van der Waals surface area (Å²) >= 11 is 6.54. The van der Waals surface area contributed by atoms with Gasteiger partial charge >= 0.3 is 0 Å². The molecule has 0 spiro atoms. The van der Waals surface area contributed by atoms with Gasteiger partial charge in [-0.15, -0.1) is 0 Å². The van der Waals surface area contributed by atoms with E-state index < -0.39 is 0 Å². The summed E-state index contributed by atoms with van der Waals surface area (Å²) in [6, 6.07) is 19.4. The highest BCUT2D eigenvalue weighted by atomic mass is 35.5. The van der Waals surface area contributed by atoms with Crippen molar-refractivity contribution in [2.24, 2.45) is 0 Å². The predicted octanol–water partition coefficient (Wildman–Crippen LogP) is 4.75. The lowest BCUT2D eigenvalue weighted by Crippen LogP contribution is -2.47. The minimum atomic E-state index is -0.222. The molecule has 33 heavy (non-hydrogen) atoms. The van der Waals surface area contributed by atoms with Gasteiger partial charge in [-0.25, -0.2) is 4.68 Å². The minimum Gasteiger partial charge on any atom is -0.349 e. The molecule has 1 aliphatic rings. The van der Waals surface area contributed by atoms with Crippen LogP contribution in [0.1, 0.15) is 53.7 Å². The highest BCUT2D eigenvalue weighted by molar-refractivity contribution is 6.33. The average Bonchev–Trinajstić information content (AvgIpc) is 3.15. The number of carbonyl (C=O) groups is 2. The quantitative estimate of drug-likeness (QED) is 0.572. The molecule has 1 aliphatic heterocycles. The molecule has 2 heterocycles. The van der Waals surface area contributed by atoms with Crippen LogP contribution in [0.3, 0.4) is 0 Å². The second kappa shape index (κ2) is 10.2. The molecule has 2 aromatic carbocycles. The van der Waals surface area contributed by atoms with Crippen LogP contribution in [-0.2, 0) is 4.79 Å². The zero-order chi connectivity index (χ0) is 23.4. The Hall–Kier alpha value is -3.12. The van der Waals surface area contributed by atoms with Gasteiger partial charge in [-0.2, -0.15) is 5.10 Å². The van der Waals surface area contributed by atoms with Crippen LogP contribution < -0.4 is 5.32 Å². The number of carbonyl (C=O) groups excluding carboxylic acids is 2. The van der Waals surface area contributed by atoms with E-state index in [2.05, 4.69) is 10.4 Å². The van der Waals surface area contributed by atoms with Crippen LogP contribution in [0, 0.1) is 6.92 Å². The van der Waals surface area contributed by atoms with Crippen molar-refractivity contribution < 1.29 is 9.59 Å². The number of hydrogen-bond donors (Lipinski definition) is 1. The molecule has 6 nitrogen and oxygen atoms in total. The van der Waals surface area contributed by atoms with Crippen LogP contribution in [0.2, 0.25) is 5.15 Å². The van der Waals surface area contributed by atoms with Crippen molar-refractivity contribution in [1.29, 1.82) is 0 Å². The third-order valence-corrected chi connectivity index (χ3v) is 6.63. The van der Waals surface area contributed by atoms with E-state index in [1.54, 1.807) is 11.6 Å². The van der Waals surface area contributed by atoms with E-state index in [1.807, 2.05) is 72.5 Å². The van der Waals surface area contributed by atoms with Gasteiger partial charge in [0.2, 0.25) is 5.91 Å². The fourth-order valence-electron chi connectivity index (χ4n) is 4.46. The highest BCUT2D eigenvalue weighted by Crippen LogP contribution is 2.26. The van der Waals surface area contributed by atoms with Crippen LogP contribution in [0.15, 0.2) is 60.7 Å². The summed E-state index contributed by atoms with van der Waals surface area (Å²) in [7, 11) is 0. The van der Waals surface area contributed by atoms with E-state index in [1.165, 1.54) is 0 Å². The molecule has 7 heteroatoms. The second-order valence-corrected chi connectivity index (χ2v) is 8.80. The van der Waals surface area contributed by atoms with Crippen molar-refractivity contribution in [3.63, 3.8) is 0 Å². The Morgan fingerprint density at radius 2 is 1.67 bits per heavy atom. The van der Waals surface area contributed by atoms with Gasteiger partial charge in [0, 0.05) is 19.1 Å². The number of amides is 2. The Balaban J connectivity index is 1.38. The number of hydrogen-bond acceptors (Lipinski definition) is 3. The Bertz CT molecular complexity index is 1110. The van der Waals surface area contributed by atoms with Crippen molar-refractivity contribution in [2.45, 2.75) is 45.1 Å². The van der Waals surface area contributed by atoms with E-state index in [9.17, 15) is 9.59 Å². The number of aryl methyl sites for hydroxylation is 1. The molecular weight excluding hydrogens is 436 g/mol. The third-order valence-electron chi connectivity index (χ3n) is 6.28. The van der Waals surface area contributed by atoms with Gasteiger partial charge in [0.05, 0.1) is 22.9 Å². The standard InChI is InChI=1S/C26H29ClN4O2/c1-3-22(19-10-6-4-7-11-19)26(33)30-16-14-20(15-17-30)28-25(32)23-18(2)29-31(24(23)27)21-12-8-5-9-13-21/h4-13,20,22H,3,14-17H2,1-2H3,(H,28,32). The summed E-state index contributed by atoms with van der Waals surface area (Å²) in [5.74, 6) is -0.181. The summed E-state index contributed by atoms with van der Waals surface area (Å²) in [5.41, 5.74) is 2.85. The molecule has 0 aliphatic carbocycles. The summed E-state index contributed by atoms with van der Waals surface area (Å²) < 4.78 is 1.58. The van der Waals surface area contributed by atoms with Crippen LogP contribution in [0.4, 0.5) is 0 Å². The number of piperidine rings is 1. The van der Waals surface area contributed by atoms with Crippen molar-refractivity contribution in [2.75, 3.05) is 13.1 Å². The van der Waals surface area contributed by atoms with E-state index in [-0.39, 0.29) is 23.8 Å². The van der Waals surface area contributed by atoms with Crippen LogP contribution in [0.5, 0.6) is 0 Å². The Morgan fingerprint density at radius 3 is 2.27 bits per heavy atom. The molecule has 1 N–H and O–H groups in total. The van der Waals surface area contributed by atoms with E-state index in [4.69, 9.17) is 11.6 Å². The molecule has 0 saturated carbocycles. The summed E-state index contributed by atoms with van der Waals surface area (Å²) in [4.78, 5) is 28.1. The van der Waals surface area contributed by atoms with Crippen molar-refractivity contribution in [3.8, 4) is 5.69 Å². The molecule has 1 aromatic heterocycles. The Labute approximate surface area is 199 Å². The summed E-state index contributed by atoms with van der Waals surface area (Å²) in [6.45, 7) is 5.09. The SMILES string of the molecule is CCC(C(=O)N1CCC(NC(=O)c2c(C)nn(-c3ccccc3)c2Cl)CC1)c1ccccc1. The van der Waals surface area contributed by atoms with Crippen LogP contribution in [0.25, 0.3) is 5.69 Å². The first-order chi connectivity index (χ1) is 16.0. The van der Waals surface area contributed by atoms with Crippen molar-refractivity contribution in [1.82, 2.24) is 20.0 Å². The Kier molecular flexibility index (Phi) is 7.14. The molecule has 1 unspecified atom stereocenters. The number of nitrogens with one attached hydrogen (secondary N) is 1. The first kappa shape index (κ1) is 23.1.